The van der Waals surface area contributed by atoms with Crippen molar-refractivity contribution >= 4 is 6.03 Å². The molecule has 2 aromatic carbocycles. The summed E-state index contributed by atoms with van der Waals surface area (Å²) in [5, 5.41) is 14.6. The molecule has 2 rings (SSSR count). The molecule has 122 valence electrons. The summed E-state index contributed by atoms with van der Waals surface area (Å²) in [6, 6.07) is 15.1. The van der Waals surface area contributed by atoms with E-state index in [2.05, 4.69) is 10.6 Å². The van der Waals surface area contributed by atoms with Crippen LogP contribution in [0.4, 0.5) is 4.79 Å². The second-order valence-electron chi connectivity index (χ2n) is 5.19. The van der Waals surface area contributed by atoms with Gasteiger partial charge in [0.05, 0.1) is 13.7 Å². The van der Waals surface area contributed by atoms with E-state index in [1.807, 2.05) is 48.5 Å². The van der Waals surface area contributed by atoms with Crippen LogP contribution in [0.2, 0.25) is 0 Å². The number of ether oxygens (including phenoxy) is 1. The Balaban J connectivity index is 1.70. The fourth-order valence-corrected chi connectivity index (χ4v) is 2.16. The number of benzene rings is 2. The highest BCUT2D eigenvalue weighted by molar-refractivity contribution is 5.73. The minimum Gasteiger partial charge on any atom is -0.497 e. The summed E-state index contributed by atoms with van der Waals surface area (Å²) in [5.41, 5.74) is 2.96. The SMILES string of the molecule is COc1cccc(CCNC(=O)NCc2ccc(CO)cc2)c1. The van der Waals surface area contributed by atoms with Crippen LogP contribution in [0, 0.1) is 0 Å². The van der Waals surface area contributed by atoms with Crippen molar-refractivity contribution < 1.29 is 14.6 Å². The van der Waals surface area contributed by atoms with E-state index < -0.39 is 0 Å². The Morgan fingerprint density at radius 2 is 1.78 bits per heavy atom. The third-order valence-corrected chi connectivity index (χ3v) is 3.49. The van der Waals surface area contributed by atoms with E-state index in [0.29, 0.717) is 13.1 Å². The molecule has 0 saturated heterocycles. The van der Waals surface area contributed by atoms with E-state index in [9.17, 15) is 4.79 Å². The second-order valence-corrected chi connectivity index (χ2v) is 5.19. The van der Waals surface area contributed by atoms with Crippen LogP contribution in [-0.4, -0.2) is 24.8 Å². The van der Waals surface area contributed by atoms with Crippen molar-refractivity contribution in [3.63, 3.8) is 0 Å². The molecule has 0 aliphatic rings. The van der Waals surface area contributed by atoms with E-state index in [0.717, 1.165) is 28.9 Å². The number of hydrogen-bond donors (Lipinski definition) is 3. The van der Waals surface area contributed by atoms with Crippen LogP contribution in [-0.2, 0) is 19.6 Å². The average molecular weight is 314 g/mol. The normalized spacial score (nSPS) is 10.2. The first kappa shape index (κ1) is 16.8. The number of amides is 2. The lowest BCUT2D eigenvalue weighted by Crippen LogP contribution is -2.36. The Morgan fingerprint density at radius 3 is 2.48 bits per heavy atom. The molecule has 0 aliphatic carbocycles. The van der Waals surface area contributed by atoms with Gasteiger partial charge in [-0.15, -0.1) is 0 Å². The zero-order chi connectivity index (χ0) is 16.5. The fourth-order valence-electron chi connectivity index (χ4n) is 2.16. The summed E-state index contributed by atoms with van der Waals surface area (Å²) >= 11 is 0. The van der Waals surface area contributed by atoms with Gasteiger partial charge in [0.25, 0.3) is 0 Å². The summed E-state index contributed by atoms with van der Waals surface area (Å²) in [7, 11) is 1.64. The molecule has 0 aliphatic heterocycles. The van der Waals surface area contributed by atoms with Crippen LogP contribution in [0.5, 0.6) is 5.75 Å². The maximum atomic E-state index is 11.8. The zero-order valence-electron chi connectivity index (χ0n) is 13.2. The molecule has 0 spiro atoms. The van der Waals surface area contributed by atoms with Gasteiger partial charge in [-0.05, 0) is 35.2 Å². The number of hydrogen-bond acceptors (Lipinski definition) is 3. The molecule has 0 unspecified atom stereocenters. The minimum absolute atomic E-state index is 0.0263. The van der Waals surface area contributed by atoms with Crippen LogP contribution in [0.25, 0.3) is 0 Å². The van der Waals surface area contributed by atoms with Gasteiger partial charge in [-0.1, -0.05) is 36.4 Å². The Bertz CT molecular complexity index is 626. The summed E-state index contributed by atoms with van der Waals surface area (Å²) in [5.74, 6) is 0.818. The Hall–Kier alpha value is -2.53. The number of urea groups is 1. The van der Waals surface area contributed by atoms with Gasteiger partial charge in [0, 0.05) is 13.1 Å². The van der Waals surface area contributed by atoms with Gasteiger partial charge in [0.2, 0.25) is 0 Å². The fraction of sp³-hybridized carbons (Fsp3) is 0.278. The summed E-state index contributed by atoms with van der Waals surface area (Å²) in [4.78, 5) is 11.8. The van der Waals surface area contributed by atoms with Gasteiger partial charge in [0.1, 0.15) is 5.75 Å². The molecule has 5 heteroatoms. The maximum Gasteiger partial charge on any atom is 0.315 e. The number of carbonyl (C=O) groups excluding carboxylic acids is 1. The van der Waals surface area contributed by atoms with E-state index in [1.54, 1.807) is 7.11 Å². The molecule has 2 amide bonds. The van der Waals surface area contributed by atoms with Gasteiger partial charge in [-0.3, -0.25) is 0 Å². The quantitative estimate of drug-likeness (QED) is 0.734. The average Bonchev–Trinajstić information content (AvgIpc) is 2.60. The predicted molar refractivity (Wildman–Crippen MR) is 89.3 cm³/mol. The first-order valence-electron chi connectivity index (χ1n) is 7.54. The highest BCUT2D eigenvalue weighted by Gasteiger charge is 2.01. The number of aliphatic hydroxyl groups is 1. The van der Waals surface area contributed by atoms with Crippen LogP contribution >= 0.6 is 0 Å². The molecular formula is C18H22N2O3. The molecule has 2 aromatic rings. The molecule has 0 atom stereocenters. The van der Waals surface area contributed by atoms with Crippen LogP contribution in [0.1, 0.15) is 16.7 Å². The minimum atomic E-state index is -0.195. The Labute approximate surface area is 136 Å². The molecular weight excluding hydrogens is 292 g/mol. The first-order valence-corrected chi connectivity index (χ1v) is 7.54. The van der Waals surface area contributed by atoms with Crippen molar-refractivity contribution in [3.05, 3.63) is 65.2 Å². The molecule has 0 saturated carbocycles. The summed E-state index contributed by atoms with van der Waals surface area (Å²) in [6.45, 7) is 1.04. The number of nitrogens with one attached hydrogen (secondary N) is 2. The highest BCUT2D eigenvalue weighted by atomic mass is 16.5. The van der Waals surface area contributed by atoms with Crippen molar-refractivity contribution in [2.45, 2.75) is 19.6 Å². The number of carbonyl (C=O) groups is 1. The van der Waals surface area contributed by atoms with Crippen LogP contribution in [0.3, 0.4) is 0 Å². The van der Waals surface area contributed by atoms with E-state index in [4.69, 9.17) is 9.84 Å². The van der Waals surface area contributed by atoms with E-state index >= 15 is 0 Å². The lowest BCUT2D eigenvalue weighted by atomic mass is 10.1. The lowest BCUT2D eigenvalue weighted by molar-refractivity contribution is 0.240. The van der Waals surface area contributed by atoms with E-state index in [1.165, 1.54) is 0 Å². The number of methoxy groups -OCH3 is 1. The van der Waals surface area contributed by atoms with Crippen LogP contribution in [0.15, 0.2) is 48.5 Å². The third-order valence-electron chi connectivity index (χ3n) is 3.49. The Morgan fingerprint density at radius 1 is 1.04 bits per heavy atom. The number of aliphatic hydroxyl groups excluding tert-OH is 1. The molecule has 0 aromatic heterocycles. The van der Waals surface area contributed by atoms with Crippen molar-refractivity contribution in [1.82, 2.24) is 10.6 Å². The van der Waals surface area contributed by atoms with Gasteiger partial charge in [-0.2, -0.15) is 0 Å². The molecule has 0 fully saturated rings. The monoisotopic (exact) mass is 314 g/mol. The lowest BCUT2D eigenvalue weighted by Gasteiger charge is -2.09. The standard InChI is InChI=1S/C18H22N2O3/c1-23-17-4-2-3-14(11-17)9-10-19-18(22)20-12-15-5-7-16(13-21)8-6-15/h2-8,11,21H,9-10,12-13H2,1H3,(H2,19,20,22). The number of rotatable bonds is 7. The molecule has 0 radical (unpaired) electrons. The highest BCUT2D eigenvalue weighted by Crippen LogP contribution is 2.12. The van der Waals surface area contributed by atoms with Gasteiger partial charge in [0.15, 0.2) is 0 Å². The second kappa shape index (κ2) is 8.80. The first-order chi connectivity index (χ1) is 11.2. The molecule has 5 nitrogen and oxygen atoms in total. The zero-order valence-corrected chi connectivity index (χ0v) is 13.2. The predicted octanol–water partition coefficient (Wildman–Crippen LogP) is 2.23. The van der Waals surface area contributed by atoms with Crippen molar-refractivity contribution in [1.29, 1.82) is 0 Å². The smallest absolute Gasteiger partial charge is 0.315 e. The van der Waals surface area contributed by atoms with E-state index in [-0.39, 0.29) is 12.6 Å². The van der Waals surface area contributed by atoms with Gasteiger partial charge in [-0.25, -0.2) is 4.79 Å². The molecule has 0 heterocycles. The van der Waals surface area contributed by atoms with Gasteiger partial charge >= 0.3 is 6.03 Å². The molecule has 3 N–H and O–H groups in total. The Kier molecular flexibility index (Phi) is 6.44. The van der Waals surface area contributed by atoms with Gasteiger partial charge < -0.3 is 20.5 Å². The third kappa shape index (κ3) is 5.64. The van der Waals surface area contributed by atoms with Crippen molar-refractivity contribution in [2.24, 2.45) is 0 Å². The largest absolute Gasteiger partial charge is 0.497 e. The summed E-state index contributed by atoms with van der Waals surface area (Å²) in [6.07, 6.45) is 0.746. The molecule has 23 heavy (non-hydrogen) atoms. The van der Waals surface area contributed by atoms with Crippen molar-refractivity contribution in [2.75, 3.05) is 13.7 Å². The topological polar surface area (TPSA) is 70.6 Å². The van der Waals surface area contributed by atoms with Crippen LogP contribution < -0.4 is 15.4 Å². The van der Waals surface area contributed by atoms with Crippen molar-refractivity contribution in [3.8, 4) is 5.75 Å². The molecule has 0 bridgehead atoms. The summed E-state index contributed by atoms with van der Waals surface area (Å²) < 4.78 is 5.17. The maximum absolute atomic E-state index is 11.8.